The lowest BCUT2D eigenvalue weighted by Crippen LogP contribution is -2.48. The highest BCUT2D eigenvalue weighted by atomic mass is 32.1. The molecule has 0 spiro atoms. The summed E-state index contributed by atoms with van der Waals surface area (Å²) in [4.78, 5) is 4.54. The van der Waals surface area contributed by atoms with Gasteiger partial charge in [-0.1, -0.05) is 0 Å². The van der Waals surface area contributed by atoms with Crippen LogP contribution < -0.4 is 5.32 Å². The number of nitriles is 1. The fraction of sp³-hybridized carbons (Fsp3) is 0.545. The molecule has 1 aliphatic rings. The maximum Gasteiger partial charge on any atom is 0.110 e. The summed E-state index contributed by atoms with van der Waals surface area (Å²) in [6, 6.07) is 6.73. The summed E-state index contributed by atoms with van der Waals surface area (Å²) in [5.74, 6) is 0. The van der Waals surface area contributed by atoms with Crippen molar-refractivity contribution in [1.82, 2.24) is 10.2 Å². The minimum absolute atomic E-state index is 0.578. The van der Waals surface area contributed by atoms with Crippen LogP contribution in [0.3, 0.4) is 0 Å². The van der Waals surface area contributed by atoms with Crippen LogP contribution in [0.1, 0.15) is 16.7 Å². The predicted octanol–water partition coefficient (Wildman–Crippen LogP) is 1.41. The van der Waals surface area contributed by atoms with E-state index in [1.807, 2.05) is 6.07 Å². The second-order valence-corrected chi connectivity index (χ2v) is 5.14. The number of thiophene rings is 1. The molecule has 0 aromatic carbocycles. The zero-order valence-corrected chi connectivity index (χ0v) is 9.68. The molecule has 1 fully saturated rings. The highest BCUT2D eigenvalue weighted by molar-refractivity contribution is 7.12. The quantitative estimate of drug-likeness (QED) is 0.821. The van der Waals surface area contributed by atoms with E-state index in [4.69, 9.17) is 5.26 Å². The molecule has 1 aliphatic heterocycles. The molecular weight excluding hydrogens is 206 g/mol. The molecule has 1 atom stereocenters. The zero-order chi connectivity index (χ0) is 10.7. The van der Waals surface area contributed by atoms with Crippen molar-refractivity contribution >= 4 is 11.3 Å². The van der Waals surface area contributed by atoms with Gasteiger partial charge in [-0.05, 0) is 19.1 Å². The number of hydrogen-bond acceptors (Lipinski definition) is 4. The summed E-state index contributed by atoms with van der Waals surface area (Å²) in [5.41, 5.74) is 0. The van der Waals surface area contributed by atoms with Crippen molar-refractivity contribution in [3.8, 4) is 6.07 Å². The molecule has 15 heavy (non-hydrogen) atoms. The first-order valence-corrected chi connectivity index (χ1v) is 6.04. The molecular formula is C11H15N3S. The normalized spacial score (nSPS) is 22.5. The van der Waals surface area contributed by atoms with Crippen molar-refractivity contribution in [2.75, 3.05) is 19.6 Å². The lowest BCUT2D eigenvalue weighted by molar-refractivity contribution is 0.201. The van der Waals surface area contributed by atoms with Gasteiger partial charge in [0.25, 0.3) is 0 Å². The SMILES string of the molecule is C[C@@H]1CN(Cc2ccc(C#N)s2)CCN1. The Bertz CT molecular complexity index is 366. The van der Waals surface area contributed by atoms with Gasteiger partial charge >= 0.3 is 0 Å². The van der Waals surface area contributed by atoms with Gasteiger partial charge in [-0.3, -0.25) is 4.90 Å². The van der Waals surface area contributed by atoms with Crippen LogP contribution in [0.2, 0.25) is 0 Å². The molecule has 1 aromatic rings. The lowest BCUT2D eigenvalue weighted by atomic mass is 10.2. The largest absolute Gasteiger partial charge is 0.312 e. The second-order valence-electron chi connectivity index (χ2n) is 3.97. The Morgan fingerprint density at radius 2 is 2.53 bits per heavy atom. The minimum atomic E-state index is 0.578. The summed E-state index contributed by atoms with van der Waals surface area (Å²) in [5, 5.41) is 12.2. The number of rotatable bonds is 2. The minimum Gasteiger partial charge on any atom is -0.312 e. The Kier molecular flexibility index (Phi) is 3.37. The molecule has 80 valence electrons. The molecule has 1 aromatic heterocycles. The van der Waals surface area contributed by atoms with Crippen molar-refractivity contribution < 1.29 is 0 Å². The Morgan fingerprint density at radius 3 is 3.20 bits per heavy atom. The smallest absolute Gasteiger partial charge is 0.110 e. The van der Waals surface area contributed by atoms with Gasteiger partial charge in [0, 0.05) is 37.1 Å². The lowest BCUT2D eigenvalue weighted by Gasteiger charge is -2.31. The molecule has 2 rings (SSSR count). The molecule has 4 heteroatoms. The summed E-state index contributed by atoms with van der Waals surface area (Å²) in [6.07, 6.45) is 0. The number of piperazine rings is 1. The fourth-order valence-corrected chi connectivity index (χ4v) is 2.75. The van der Waals surface area contributed by atoms with Gasteiger partial charge in [0.05, 0.1) is 0 Å². The van der Waals surface area contributed by atoms with E-state index in [1.165, 1.54) is 4.88 Å². The van der Waals surface area contributed by atoms with E-state index < -0.39 is 0 Å². The number of nitrogens with one attached hydrogen (secondary N) is 1. The van der Waals surface area contributed by atoms with Gasteiger partial charge in [0.15, 0.2) is 0 Å². The van der Waals surface area contributed by atoms with Crippen LogP contribution in [0.15, 0.2) is 12.1 Å². The van der Waals surface area contributed by atoms with Gasteiger partial charge in [0.2, 0.25) is 0 Å². The van der Waals surface area contributed by atoms with E-state index in [1.54, 1.807) is 11.3 Å². The molecule has 2 heterocycles. The molecule has 0 aliphatic carbocycles. The van der Waals surface area contributed by atoms with Gasteiger partial charge in [0.1, 0.15) is 10.9 Å². The molecule has 0 unspecified atom stereocenters. The summed E-state index contributed by atoms with van der Waals surface area (Å²) in [6.45, 7) is 6.46. The molecule has 0 bridgehead atoms. The van der Waals surface area contributed by atoms with Crippen LogP contribution in [0.5, 0.6) is 0 Å². The molecule has 0 amide bonds. The van der Waals surface area contributed by atoms with Crippen molar-refractivity contribution in [2.45, 2.75) is 19.5 Å². The van der Waals surface area contributed by atoms with E-state index >= 15 is 0 Å². The van der Waals surface area contributed by atoms with Crippen LogP contribution in [-0.2, 0) is 6.54 Å². The third-order valence-corrected chi connectivity index (χ3v) is 3.58. The molecule has 0 radical (unpaired) electrons. The predicted molar refractivity (Wildman–Crippen MR) is 61.8 cm³/mol. The summed E-state index contributed by atoms with van der Waals surface area (Å²) >= 11 is 1.60. The zero-order valence-electron chi connectivity index (χ0n) is 8.86. The Morgan fingerprint density at radius 1 is 1.67 bits per heavy atom. The summed E-state index contributed by atoms with van der Waals surface area (Å²) in [7, 11) is 0. The van der Waals surface area contributed by atoms with Crippen molar-refractivity contribution in [1.29, 1.82) is 5.26 Å². The number of hydrogen-bond donors (Lipinski definition) is 1. The fourth-order valence-electron chi connectivity index (χ4n) is 1.90. The molecule has 0 saturated carbocycles. The Balaban J connectivity index is 1.93. The van der Waals surface area contributed by atoms with Crippen molar-refractivity contribution in [3.63, 3.8) is 0 Å². The molecule has 1 saturated heterocycles. The average Bonchev–Trinajstić information content (AvgIpc) is 2.65. The van der Waals surface area contributed by atoms with E-state index in [9.17, 15) is 0 Å². The van der Waals surface area contributed by atoms with Gasteiger partial charge in [-0.15, -0.1) is 11.3 Å². The third-order valence-electron chi connectivity index (χ3n) is 2.60. The third kappa shape index (κ3) is 2.78. The molecule has 3 nitrogen and oxygen atoms in total. The van der Waals surface area contributed by atoms with Crippen LogP contribution >= 0.6 is 11.3 Å². The second kappa shape index (κ2) is 4.75. The first-order chi connectivity index (χ1) is 7.28. The maximum atomic E-state index is 8.74. The Labute approximate surface area is 94.3 Å². The van der Waals surface area contributed by atoms with E-state index in [0.717, 1.165) is 31.1 Å². The van der Waals surface area contributed by atoms with Crippen molar-refractivity contribution in [3.05, 3.63) is 21.9 Å². The monoisotopic (exact) mass is 221 g/mol. The highest BCUT2D eigenvalue weighted by Crippen LogP contribution is 2.17. The number of nitrogens with zero attached hydrogens (tertiary/aromatic N) is 2. The van der Waals surface area contributed by atoms with Crippen LogP contribution in [0.25, 0.3) is 0 Å². The first kappa shape index (κ1) is 10.6. The van der Waals surface area contributed by atoms with Crippen LogP contribution in [0.4, 0.5) is 0 Å². The average molecular weight is 221 g/mol. The molecule has 1 N–H and O–H groups in total. The Hall–Kier alpha value is -0.890. The van der Waals surface area contributed by atoms with E-state index in [0.29, 0.717) is 6.04 Å². The standard InChI is InChI=1S/C11H15N3S/c1-9-7-14(5-4-13-9)8-11-3-2-10(6-12)15-11/h2-3,9,13H,4-5,7-8H2,1H3/t9-/m1/s1. The highest BCUT2D eigenvalue weighted by Gasteiger charge is 2.15. The van der Waals surface area contributed by atoms with Crippen LogP contribution in [-0.4, -0.2) is 30.6 Å². The van der Waals surface area contributed by atoms with Gasteiger partial charge in [-0.25, -0.2) is 0 Å². The van der Waals surface area contributed by atoms with Crippen LogP contribution in [0, 0.1) is 11.3 Å². The summed E-state index contributed by atoms with van der Waals surface area (Å²) < 4.78 is 0. The van der Waals surface area contributed by atoms with Gasteiger partial charge in [-0.2, -0.15) is 5.26 Å². The topological polar surface area (TPSA) is 39.1 Å². The maximum absolute atomic E-state index is 8.74. The van der Waals surface area contributed by atoms with E-state index in [-0.39, 0.29) is 0 Å². The van der Waals surface area contributed by atoms with Crippen molar-refractivity contribution in [2.24, 2.45) is 0 Å². The first-order valence-electron chi connectivity index (χ1n) is 5.22. The van der Waals surface area contributed by atoms with Gasteiger partial charge < -0.3 is 5.32 Å². The van der Waals surface area contributed by atoms with E-state index in [2.05, 4.69) is 29.3 Å².